The maximum Gasteiger partial charge on any atom is 0.348 e. The summed E-state index contributed by atoms with van der Waals surface area (Å²) in [5.41, 5.74) is -1.26. The van der Waals surface area contributed by atoms with E-state index in [0.717, 1.165) is 12.4 Å². The van der Waals surface area contributed by atoms with Crippen molar-refractivity contribution in [3.05, 3.63) is 76.5 Å². The highest BCUT2D eigenvalue weighted by molar-refractivity contribution is 7.10. The molecule has 0 saturated carbocycles. The first-order valence-electron chi connectivity index (χ1n) is 8.54. The summed E-state index contributed by atoms with van der Waals surface area (Å²) in [6.45, 7) is 3.04. The molecule has 0 aliphatic carbocycles. The predicted molar refractivity (Wildman–Crippen MR) is 99.7 cm³/mol. The zero-order chi connectivity index (χ0) is 18.6. The van der Waals surface area contributed by atoms with Crippen molar-refractivity contribution < 1.29 is 36.2 Å². The Bertz CT molecular complexity index is 865. The number of hydrogen-bond donors (Lipinski definition) is 1. The van der Waals surface area contributed by atoms with Crippen molar-refractivity contribution in [3.8, 4) is 0 Å². The molecule has 7 heteroatoms. The second-order valence-electron chi connectivity index (χ2n) is 6.19. The summed E-state index contributed by atoms with van der Waals surface area (Å²) in [5, 5.41) is 13.0. The number of thiophene rings is 1. The number of ether oxygens (including phenoxy) is 1. The molecule has 1 unspecified atom stereocenters. The largest absolute Gasteiger partial charge is 1.00 e. The molecule has 2 aromatic heterocycles. The van der Waals surface area contributed by atoms with Crippen LogP contribution in [-0.2, 0) is 28.7 Å². The Morgan fingerprint density at radius 3 is 2.59 bits per heavy atom. The molecule has 0 saturated heterocycles. The van der Waals surface area contributed by atoms with Crippen LogP contribution in [0.25, 0.3) is 0 Å². The molecular weight excluding hydrogens is 428 g/mol. The second-order valence-corrected chi connectivity index (χ2v) is 7.14. The van der Waals surface area contributed by atoms with Gasteiger partial charge in [-0.05, 0) is 11.4 Å². The third-order valence-corrected chi connectivity index (χ3v) is 5.52. The molecule has 1 aromatic carbocycles. The van der Waals surface area contributed by atoms with Gasteiger partial charge >= 0.3 is 5.97 Å². The van der Waals surface area contributed by atoms with Gasteiger partial charge in [0.2, 0.25) is 5.60 Å². The summed E-state index contributed by atoms with van der Waals surface area (Å²) in [7, 11) is 1.99. The van der Waals surface area contributed by atoms with Crippen LogP contribution in [0.5, 0.6) is 0 Å². The summed E-state index contributed by atoms with van der Waals surface area (Å²) in [6.07, 6.45) is 4.67. The molecule has 0 bridgehead atoms. The quantitative estimate of drug-likeness (QED) is 0.301. The highest BCUT2D eigenvalue weighted by Crippen LogP contribution is 2.34. The number of imidazole rings is 1. The van der Waals surface area contributed by atoms with Gasteiger partial charge in [-0.1, -0.05) is 36.4 Å². The number of aliphatic hydroxyl groups is 1. The Labute approximate surface area is 173 Å². The van der Waals surface area contributed by atoms with E-state index in [-0.39, 0.29) is 23.6 Å². The molecule has 0 radical (unpaired) electrons. The lowest BCUT2D eigenvalue weighted by molar-refractivity contribution is -0.677. The Morgan fingerprint density at radius 1 is 1.26 bits per heavy atom. The number of nitrogens with zero attached hydrogens (tertiary/aromatic N) is 2. The van der Waals surface area contributed by atoms with Crippen LogP contribution >= 0.6 is 11.3 Å². The monoisotopic (exact) mass is 450 g/mol. The topological polar surface area (TPSA) is 55.3 Å². The number of benzene rings is 1. The van der Waals surface area contributed by atoms with Gasteiger partial charge in [-0.2, -0.15) is 0 Å². The zero-order valence-corrected chi connectivity index (χ0v) is 17.7. The fraction of sp³-hybridized carbons (Fsp3) is 0.300. The van der Waals surface area contributed by atoms with Crippen LogP contribution in [0.15, 0.2) is 60.2 Å². The number of halogens is 1. The molecule has 3 aromatic rings. The molecule has 0 aliphatic rings. The maximum absolute atomic E-state index is 12.8. The summed E-state index contributed by atoms with van der Waals surface area (Å²) in [5.74, 6) is 0.497. The maximum atomic E-state index is 12.8. The lowest BCUT2D eigenvalue weighted by atomic mass is 9.92. The minimum Gasteiger partial charge on any atom is -1.00 e. The molecule has 2 heterocycles. The summed E-state index contributed by atoms with van der Waals surface area (Å²) < 4.78 is 9.60. The molecule has 0 spiro atoms. The Morgan fingerprint density at radius 2 is 2.00 bits per heavy atom. The normalized spacial score (nSPS) is 12.9. The summed E-state index contributed by atoms with van der Waals surface area (Å²) >= 11 is 1.34. The van der Waals surface area contributed by atoms with E-state index >= 15 is 0 Å². The van der Waals surface area contributed by atoms with E-state index in [4.69, 9.17) is 4.74 Å². The third kappa shape index (κ3) is 4.48. The number of carbonyl (C=O) groups excluding carboxylic acids is 1. The van der Waals surface area contributed by atoms with Crippen molar-refractivity contribution >= 4 is 17.3 Å². The Balaban J connectivity index is 0.00000261. The highest BCUT2D eigenvalue weighted by Gasteiger charge is 2.42. The van der Waals surface area contributed by atoms with Crippen molar-refractivity contribution in [1.29, 1.82) is 0 Å². The van der Waals surface area contributed by atoms with Gasteiger partial charge in [-0.3, -0.25) is 0 Å². The van der Waals surface area contributed by atoms with E-state index in [1.807, 2.05) is 48.4 Å². The van der Waals surface area contributed by atoms with Crippen molar-refractivity contribution in [2.75, 3.05) is 6.61 Å². The van der Waals surface area contributed by atoms with Gasteiger partial charge in [0.05, 0.1) is 25.1 Å². The van der Waals surface area contributed by atoms with Crippen molar-refractivity contribution in [2.45, 2.75) is 25.5 Å². The fourth-order valence-electron chi connectivity index (χ4n) is 2.86. The van der Waals surface area contributed by atoms with E-state index in [9.17, 15) is 9.90 Å². The van der Waals surface area contributed by atoms with E-state index < -0.39 is 11.6 Å². The van der Waals surface area contributed by atoms with Gasteiger partial charge in [0.15, 0.2) is 0 Å². The van der Waals surface area contributed by atoms with Crippen LogP contribution < -0.4 is 21.5 Å². The first-order chi connectivity index (χ1) is 12.5. The number of hydrogen-bond acceptors (Lipinski definition) is 4. The standard InChI is InChI=1S/C20H23N2O3S.BrH/c1-16-21(2)12-13-22(16)11-7-14-25-19(23)20(24,18-10-6-15-26-18)17-8-4-3-5-9-17;/h3-6,8-10,12-13,15,24H,7,11,14H2,1-2H3;1H/q+1;/p-1. The third-order valence-electron chi connectivity index (χ3n) is 4.54. The first-order valence-corrected chi connectivity index (χ1v) is 9.42. The van der Waals surface area contributed by atoms with Gasteiger partial charge in [-0.15, -0.1) is 11.3 Å². The molecular formula is C20H23BrN2O3S. The zero-order valence-electron chi connectivity index (χ0n) is 15.3. The van der Waals surface area contributed by atoms with Crippen LogP contribution in [0.2, 0.25) is 0 Å². The van der Waals surface area contributed by atoms with Gasteiger partial charge in [0.1, 0.15) is 12.4 Å². The average Bonchev–Trinajstić information content (AvgIpc) is 3.31. The van der Waals surface area contributed by atoms with Crippen LogP contribution in [-0.4, -0.2) is 22.2 Å². The first kappa shape index (κ1) is 21.3. The fourth-order valence-corrected chi connectivity index (χ4v) is 3.70. The van der Waals surface area contributed by atoms with Gasteiger partial charge in [0.25, 0.3) is 5.82 Å². The molecule has 1 N–H and O–H groups in total. The Kier molecular flexibility index (Phi) is 7.35. The van der Waals surface area contributed by atoms with Crippen molar-refractivity contribution in [3.63, 3.8) is 0 Å². The van der Waals surface area contributed by atoms with Crippen LogP contribution in [0.4, 0.5) is 0 Å². The van der Waals surface area contributed by atoms with E-state index in [2.05, 4.69) is 4.57 Å². The lowest BCUT2D eigenvalue weighted by Crippen LogP contribution is -3.00. The predicted octanol–water partition coefficient (Wildman–Crippen LogP) is -0.444. The van der Waals surface area contributed by atoms with Crippen molar-refractivity contribution in [2.24, 2.45) is 7.05 Å². The summed E-state index contributed by atoms with van der Waals surface area (Å²) in [4.78, 5) is 13.3. The van der Waals surface area contributed by atoms with Gasteiger partial charge in [0, 0.05) is 18.9 Å². The molecule has 0 amide bonds. The molecule has 0 aliphatic heterocycles. The molecule has 144 valence electrons. The Hall–Kier alpha value is -1.96. The van der Waals surface area contributed by atoms with E-state index in [1.54, 1.807) is 30.3 Å². The minimum absolute atomic E-state index is 0. The van der Waals surface area contributed by atoms with Crippen LogP contribution in [0.1, 0.15) is 22.7 Å². The SMILES string of the molecule is Cc1n(CCCOC(=O)C(O)(c2ccccc2)c2cccs2)cc[n+]1C.[Br-]. The van der Waals surface area contributed by atoms with E-state index in [0.29, 0.717) is 16.9 Å². The number of esters is 1. The number of aromatic nitrogens is 2. The second kappa shape index (κ2) is 9.30. The highest BCUT2D eigenvalue weighted by atomic mass is 79.9. The van der Waals surface area contributed by atoms with Gasteiger partial charge in [-0.25, -0.2) is 13.9 Å². The average molecular weight is 451 g/mol. The molecule has 3 rings (SSSR count). The van der Waals surface area contributed by atoms with E-state index in [1.165, 1.54) is 11.3 Å². The van der Waals surface area contributed by atoms with Crippen LogP contribution in [0.3, 0.4) is 0 Å². The molecule has 27 heavy (non-hydrogen) atoms. The minimum atomic E-state index is -1.77. The van der Waals surface area contributed by atoms with Crippen LogP contribution in [0, 0.1) is 6.92 Å². The number of rotatable bonds is 7. The number of aryl methyl sites for hydroxylation is 2. The molecule has 1 atom stereocenters. The van der Waals surface area contributed by atoms with Gasteiger partial charge < -0.3 is 26.8 Å². The number of carbonyl (C=O) groups is 1. The lowest BCUT2D eigenvalue weighted by Gasteiger charge is -2.25. The summed E-state index contributed by atoms with van der Waals surface area (Å²) in [6, 6.07) is 12.5. The smallest absolute Gasteiger partial charge is 0.348 e. The molecule has 0 fully saturated rings. The molecule has 5 nitrogen and oxygen atoms in total. The van der Waals surface area contributed by atoms with Crippen molar-refractivity contribution in [1.82, 2.24) is 4.57 Å².